The van der Waals surface area contributed by atoms with E-state index in [0.717, 1.165) is 27.8 Å². The Kier molecular flexibility index (Phi) is 6.49. The zero-order chi connectivity index (χ0) is 24.4. The van der Waals surface area contributed by atoms with Gasteiger partial charge in [-0.3, -0.25) is 4.79 Å². The quantitative estimate of drug-likeness (QED) is 0.324. The number of hydrogen-bond acceptors (Lipinski definition) is 5. The average Bonchev–Trinajstić information content (AvgIpc) is 3.60. The number of aryl methyl sites for hydroxylation is 1. The minimum absolute atomic E-state index is 0.125. The first-order valence-corrected chi connectivity index (χ1v) is 11.7. The van der Waals surface area contributed by atoms with E-state index in [1.54, 1.807) is 0 Å². The van der Waals surface area contributed by atoms with Crippen LogP contribution in [-0.4, -0.2) is 27.9 Å². The predicted octanol–water partition coefficient (Wildman–Crippen LogP) is 5.76. The molecule has 1 aliphatic rings. The van der Waals surface area contributed by atoms with Crippen molar-refractivity contribution in [2.75, 3.05) is 6.61 Å². The number of aliphatic carboxylic acids is 1. The highest BCUT2D eigenvalue weighted by molar-refractivity contribution is 5.75. The summed E-state index contributed by atoms with van der Waals surface area (Å²) in [6.45, 7) is 2.37. The van der Waals surface area contributed by atoms with Gasteiger partial charge in [-0.2, -0.15) is 0 Å². The fourth-order valence-electron chi connectivity index (χ4n) is 4.50. The summed E-state index contributed by atoms with van der Waals surface area (Å²) < 4.78 is 11.3. The van der Waals surface area contributed by atoms with Crippen molar-refractivity contribution in [2.45, 2.75) is 32.0 Å². The smallest absolute Gasteiger partial charge is 0.307 e. The van der Waals surface area contributed by atoms with Crippen LogP contribution in [0.2, 0.25) is 0 Å². The summed E-state index contributed by atoms with van der Waals surface area (Å²) in [4.78, 5) is 11.1. The lowest BCUT2D eigenvalue weighted by Gasteiger charge is -2.12. The molecular weight excluding hydrogens is 442 g/mol. The van der Waals surface area contributed by atoms with E-state index in [1.165, 1.54) is 0 Å². The number of benzene rings is 3. The topological polar surface area (TPSA) is 92.8 Å². The molecule has 2 N–H and O–H groups in total. The van der Waals surface area contributed by atoms with Gasteiger partial charge in [0.1, 0.15) is 6.10 Å². The molecule has 3 atom stereocenters. The number of ether oxygens (including phenoxy) is 1. The Morgan fingerprint density at radius 1 is 1.00 bits per heavy atom. The molecule has 1 aromatic heterocycles. The molecule has 0 spiro atoms. The van der Waals surface area contributed by atoms with Crippen LogP contribution in [0.25, 0.3) is 22.5 Å². The van der Waals surface area contributed by atoms with Gasteiger partial charge in [-0.1, -0.05) is 84.0 Å². The standard InChI is InChI=1S/C29H27NO5/c1-18-27(26(31)17-34-16-19-5-3-2-4-6-19)28(35-30-18)23-13-9-21(10-14-23)20-7-11-22(12-8-20)24-15-25(24)29(32)33/h2-14,24-26,31H,15-17H2,1H3,(H,32,33)/t24?,25?,26-/m0/s1. The first kappa shape index (κ1) is 23.0. The molecule has 178 valence electrons. The number of aliphatic hydroxyl groups is 1. The van der Waals surface area contributed by atoms with Gasteiger partial charge in [0.05, 0.1) is 30.4 Å². The number of carboxylic acid groups (broad SMARTS) is 1. The van der Waals surface area contributed by atoms with Gasteiger partial charge in [0.2, 0.25) is 0 Å². The number of carboxylic acids is 1. The molecule has 1 fully saturated rings. The molecule has 0 saturated heterocycles. The van der Waals surface area contributed by atoms with Crippen LogP contribution in [0.1, 0.15) is 40.8 Å². The molecule has 5 rings (SSSR count). The van der Waals surface area contributed by atoms with E-state index in [4.69, 9.17) is 14.4 Å². The predicted molar refractivity (Wildman–Crippen MR) is 132 cm³/mol. The summed E-state index contributed by atoms with van der Waals surface area (Å²) in [5.74, 6) is -0.308. The second-order valence-electron chi connectivity index (χ2n) is 9.01. The van der Waals surface area contributed by atoms with Crippen molar-refractivity contribution >= 4 is 5.97 Å². The number of hydrogen-bond donors (Lipinski definition) is 2. The van der Waals surface area contributed by atoms with Crippen LogP contribution in [0, 0.1) is 12.8 Å². The second kappa shape index (κ2) is 9.86. The highest BCUT2D eigenvalue weighted by atomic mass is 16.5. The van der Waals surface area contributed by atoms with Gasteiger partial charge in [-0.25, -0.2) is 0 Å². The van der Waals surface area contributed by atoms with Gasteiger partial charge in [-0.05, 0) is 41.5 Å². The molecule has 0 aliphatic heterocycles. The Morgan fingerprint density at radius 2 is 1.63 bits per heavy atom. The van der Waals surface area contributed by atoms with E-state index in [1.807, 2.05) is 85.8 Å². The molecule has 35 heavy (non-hydrogen) atoms. The van der Waals surface area contributed by atoms with Gasteiger partial charge in [0.25, 0.3) is 0 Å². The molecule has 0 radical (unpaired) electrons. The fourth-order valence-corrected chi connectivity index (χ4v) is 4.50. The molecule has 0 bridgehead atoms. The third kappa shape index (κ3) is 5.04. The van der Waals surface area contributed by atoms with Gasteiger partial charge in [-0.15, -0.1) is 0 Å². The van der Waals surface area contributed by atoms with Crippen molar-refractivity contribution in [3.63, 3.8) is 0 Å². The van der Waals surface area contributed by atoms with Crippen molar-refractivity contribution in [1.82, 2.24) is 5.16 Å². The summed E-state index contributed by atoms with van der Waals surface area (Å²) in [5, 5.41) is 24.0. The monoisotopic (exact) mass is 469 g/mol. The second-order valence-corrected chi connectivity index (χ2v) is 9.01. The van der Waals surface area contributed by atoms with Crippen LogP contribution in [-0.2, 0) is 16.1 Å². The van der Waals surface area contributed by atoms with Gasteiger partial charge in [0, 0.05) is 5.56 Å². The van der Waals surface area contributed by atoms with Gasteiger partial charge < -0.3 is 19.5 Å². The van der Waals surface area contributed by atoms with E-state index in [-0.39, 0.29) is 18.4 Å². The van der Waals surface area contributed by atoms with Crippen LogP contribution in [0.4, 0.5) is 0 Å². The first-order valence-electron chi connectivity index (χ1n) is 11.7. The van der Waals surface area contributed by atoms with Crippen LogP contribution >= 0.6 is 0 Å². The third-order valence-corrected chi connectivity index (χ3v) is 6.56. The van der Waals surface area contributed by atoms with Gasteiger partial charge >= 0.3 is 5.97 Å². The lowest BCUT2D eigenvalue weighted by atomic mass is 9.98. The molecule has 3 aromatic carbocycles. The summed E-state index contributed by atoms with van der Waals surface area (Å²) in [7, 11) is 0. The van der Waals surface area contributed by atoms with Crippen LogP contribution in [0.5, 0.6) is 0 Å². The van der Waals surface area contributed by atoms with Crippen molar-refractivity contribution in [3.05, 3.63) is 101 Å². The van der Waals surface area contributed by atoms with Crippen molar-refractivity contribution in [1.29, 1.82) is 0 Å². The summed E-state index contributed by atoms with van der Waals surface area (Å²) >= 11 is 0. The number of nitrogens with zero attached hydrogens (tertiary/aromatic N) is 1. The zero-order valence-corrected chi connectivity index (χ0v) is 19.4. The molecule has 4 aromatic rings. The maximum atomic E-state index is 11.1. The molecule has 6 heteroatoms. The van der Waals surface area contributed by atoms with Gasteiger partial charge in [0.15, 0.2) is 5.76 Å². The Hall–Kier alpha value is -3.74. The SMILES string of the molecule is Cc1noc(-c2ccc(-c3ccc(C4CC4C(=O)O)cc3)cc2)c1[C@@H](O)COCc1ccccc1. The summed E-state index contributed by atoms with van der Waals surface area (Å²) in [6, 6.07) is 25.8. The normalized spacial score (nSPS) is 17.8. The Bertz CT molecular complexity index is 1300. The van der Waals surface area contributed by atoms with Crippen molar-refractivity contribution in [2.24, 2.45) is 5.92 Å². The zero-order valence-electron chi connectivity index (χ0n) is 19.4. The fraction of sp³-hybridized carbons (Fsp3) is 0.241. The molecule has 2 unspecified atom stereocenters. The van der Waals surface area contributed by atoms with E-state index in [2.05, 4.69) is 5.16 Å². The highest BCUT2D eigenvalue weighted by Crippen LogP contribution is 2.47. The first-order chi connectivity index (χ1) is 17.0. The molecule has 1 aliphatic carbocycles. The molecule has 6 nitrogen and oxygen atoms in total. The molecule has 0 amide bonds. The molecular formula is C29H27NO5. The minimum Gasteiger partial charge on any atom is -0.481 e. The van der Waals surface area contributed by atoms with Crippen LogP contribution in [0.15, 0.2) is 83.4 Å². The summed E-state index contributed by atoms with van der Waals surface area (Å²) in [5.41, 5.74) is 6.30. The largest absolute Gasteiger partial charge is 0.481 e. The third-order valence-electron chi connectivity index (χ3n) is 6.56. The van der Waals surface area contributed by atoms with E-state index in [9.17, 15) is 9.90 Å². The maximum absolute atomic E-state index is 11.1. The number of carbonyl (C=O) groups is 1. The van der Waals surface area contributed by atoms with Crippen molar-refractivity contribution in [3.8, 4) is 22.5 Å². The Morgan fingerprint density at radius 3 is 2.26 bits per heavy atom. The average molecular weight is 470 g/mol. The number of aromatic nitrogens is 1. The summed E-state index contributed by atoms with van der Waals surface area (Å²) in [6.07, 6.45) is -0.143. The molecule has 1 heterocycles. The van der Waals surface area contributed by atoms with Crippen molar-refractivity contribution < 1.29 is 24.3 Å². The minimum atomic E-state index is -0.857. The maximum Gasteiger partial charge on any atom is 0.307 e. The number of rotatable bonds is 9. The van der Waals surface area contributed by atoms with Crippen LogP contribution < -0.4 is 0 Å². The van der Waals surface area contributed by atoms with Crippen LogP contribution in [0.3, 0.4) is 0 Å². The van der Waals surface area contributed by atoms with E-state index < -0.39 is 12.1 Å². The van der Waals surface area contributed by atoms with E-state index >= 15 is 0 Å². The highest BCUT2D eigenvalue weighted by Gasteiger charge is 2.44. The Labute approximate surface area is 203 Å². The van der Waals surface area contributed by atoms with E-state index in [0.29, 0.717) is 30.0 Å². The Balaban J connectivity index is 1.27. The lowest BCUT2D eigenvalue weighted by Crippen LogP contribution is -2.09. The lowest BCUT2D eigenvalue weighted by molar-refractivity contribution is -0.138. The molecule has 1 saturated carbocycles. The number of aliphatic hydroxyl groups excluding tert-OH is 1.